The molecule has 110 valence electrons. The number of imidazole rings is 1. The molecule has 8 heteroatoms. The first-order valence-electron chi connectivity index (χ1n) is 7.20. The highest BCUT2D eigenvalue weighted by Crippen LogP contribution is 2.39. The Hall–Kier alpha value is -1.96. The van der Waals surface area contributed by atoms with Crippen molar-refractivity contribution in [1.29, 1.82) is 0 Å². The molecule has 2 heterocycles. The quantitative estimate of drug-likeness (QED) is 0.806. The third kappa shape index (κ3) is 2.76. The van der Waals surface area contributed by atoms with Gasteiger partial charge in [0.15, 0.2) is 0 Å². The SMILES string of the molecule is O=C(Nc1nc(C2CC2)ns1)NC1CCc2nc[nH]c2C1. The molecule has 7 nitrogen and oxygen atoms in total. The second-order valence-electron chi connectivity index (χ2n) is 5.60. The standard InChI is InChI=1S/C13H16N6OS/c20-12(18-13-17-11(19-21-13)7-1-2-7)16-8-3-4-9-10(5-8)15-6-14-9/h6-8H,1-5H2,(H,14,15)(H2,16,17,18,19,20). The molecule has 3 N–H and O–H groups in total. The highest BCUT2D eigenvalue weighted by atomic mass is 32.1. The van der Waals surface area contributed by atoms with Crippen molar-refractivity contribution in [3.8, 4) is 0 Å². The van der Waals surface area contributed by atoms with Crippen LogP contribution < -0.4 is 10.6 Å². The molecule has 0 aliphatic heterocycles. The maximum atomic E-state index is 12.0. The largest absolute Gasteiger partial charge is 0.348 e. The summed E-state index contributed by atoms with van der Waals surface area (Å²) in [5.74, 6) is 1.38. The van der Waals surface area contributed by atoms with Gasteiger partial charge < -0.3 is 10.3 Å². The van der Waals surface area contributed by atoms with Crippen LogP contribution in [0.4, 0.5) is 9.93 Å². The Labute approximate surface area is 125 Å². The van der Waals surface area contributed by atoms with Gasteiger partial charge in [-0.05, 0) is 25.7 Å². The molecule has 2 aromatic heterocycles. The molecule has 0 saturated heterocycles. The predicted octanol–water partition coefficient (Wildman–Crippen LogP) is 1.82. The average molecular weight is 304 g/mol. The molecule has 0 bridgehead atoms. The van der Waals surface area contributed by atoms with Crippen molar-refractivity contribution in [1.82, 2.24) is 24.6 Å². The fourth-order valence-corrected chi connectivity index (χ4v) is 3.28. The van der Waals surface area contributed by atoms with Gasteiger partial charge in [0, 0.05) is 35.6 Å². The minimum Gasteiger partial charge on any atom is -0.348 e. The first kappa shape index (κ1) is 12.8. The summed E-state index contributed by atoms with van der Waals surface area (Å²) in [4.78, 5) is 23.8. The minimum atomic E-state index is -0.207. The van der Waals surface area contributed by atoms with Gasteiger partial charge in [0.05, 0.1) is 12.0 Å². The molecule has 1 atom stereocenters. The molecule has 0 aromatic carbocycles. The van der Waals surface area contributed by atoms with Crippen LogP contribution in [0.3, 0.4) is 0 Å². The van der Waals surface area contributed by atoms with Crippen LogP contribution >= 0.6 is 11.5 Å². The Morgan fingerprint density at radius 3 is 3.14 bits per heavy atom. The lowest BCUT2D eigenvalue weighted by Gasteiger charge is -2.22. The highest BCUT2D eigenvalue weighted by Gasteiger charge is 2.28. The van der Waals surface area contributed by atoms with Crippen molar-refractivity contribution in [2.75, 3.05) is 5.32 Å². The monoisotopic (exact) mass is 304 g/mol. The highest BCUT2D eigenvalue weighted by molar-refractivity contribution is 7.09. The molecule has 1 saturated carbocycles. The van der Waals surface area contributed by atoms with Gasteiger partial charge in [-0.3, -0.25) is 5.32 Å². The maximum Gasteiger partial charge on any atom is 0.321 e. The van der Waals surface area contributed by atoms with Crippen molar-refractivity contribution in [3.05, 3.63) is 23.5 Å². The zero-order valence-corrected chi connectivity index (χ0v) is 12.2. The molecule has 1 unspecified atom stereocenters. The van der Waals surface area contributed by atoms with Crippen molar-refractivity contribution < 1.29 is 4.79 Å². The number of aromatic amines is 1. The van der Waals surface area contributed by atoms with E-state index in [-0.39, 0.29) is 12.1 Å². The summed E-state index contributed by atoms with van der Waals surface area (Å²) in [7, 11) is 0. The predicted molar refractivity (Wildman–Crippen MR) is 78.4 cm³/mol. The van der Waals surface area contributed by atoms with Crippen molar-refractivity contribution in [2.24, 2.45) is 0 Å². The van der Waals surface area contributed by atoms with Crippen LogP contribution in [0.5, 0.6) is 0 Å². The molecule has 0 spiro atoms. The normalized spacial score (nSPS) is 20.9. The zero-order valence-electron chi connectivity index (χ0n) is 11.4. The van der Waals surface area contributed by atoms with E-state index in [0.717, 1.165) is 49.3 Å². The van der Waals surface area contributed by atoms with Gasteiger partial charge in [-0.25, -0.2) is 14.8 Å². The van der Waals surface area contributed by atoms with Crippen LogP contribution in [-0.4, -0.2) is 31.4 Å². The number of nitrogens with zero attached hydrogens (tertiary/aromatic N) is 3. The third-order valence-corrected chi connectivity index (χ3v) is 4.57. The molecule has 1 fully saturated rings. The van der Waals surface area contributed by atoms with Gasteiger partial charge in [-0.1, -0.05) is 0 Å². The summed E-state index contributed by atoms with van der Waals surface area (Å²) in [5, 5.41) is 6.35. The van der Waals surface area contributed by atoms with Crippen LogP contribution in [0.15, 0.2) is 6.33 Å². The summed E-state index contributed by atoms with van der Waals surface area (Å²) in [6, 6.07) is -0.0739. The Kier molecular flexibility index (Phi) is 3.10. The molecule has 2 aliphatic carbocycles. The van der Waals surface area contributed by atoms with Crippen molar-refractivity contribution in [3.63, 3.8) is 0 Å². The van der Waals surface area contributed by atoms with Gasteiger partial charge >= 0.3 is 6.03 Å². The van der Waals surface area contributed by atoms with E-state index in [2.05, 4.69) is 30.0 Å². The van der Waals surface area contributed by atoms with Gasteiger partial charge in [0.2, 0.25) is 5.13 Å². The zero-order chi connectivity index (χ0) is 14.2. The van der Waals surface area contributed by atoms with Crippen LogP contribution in [0.25, 0.3) is 0 Å². The van der Waals surface area contributed by atoms with Crippen molar-refractivity contribution >= 4 is 22.7 Å². The Bertz CT molecular complexity index is 661. The third-order valence-electron chi connectivity index (χ3n) is 3.93. The first-order chi connectivity index (χ1) is 10.3. The summed E-state index contributed by atoms with van der Waals surface area (Å²) in [6.45, 7) is 0. The lowest BCUT2D eigenvalue weighted by Crippen LogP contribution is -2.41. The smallest absolute Gasteiger partial charge is 0.321 e. The van der Waals surface area contributed by atoms with Crippen LogP contribution in [0.1, 0.15) is 42.4 Å². The summed E-state index contributed by atoms with van der Waals surface area (Å²) >= 11 is 1.25. The minimum absolute atomic E-state index is 0.133. The lowest BCUT2D eigenvalue weighted by molar-refractivity contribution is 0.247. The van der Waals surface area contributed by atoms with Gasteiger partial charge in [0.1, 0.15) is 5.82 Å². The number of H-pyrrole nitrogens is 1. The number of hydrogen-bond acceptors (Lipinski definition) is 5. The van der Waals surface area contributed by atoms with E-state index in [0.29, 0.717) is 11.0 Å². The van der Waals surface area contributed by atoms with Crippen LogP contribution in [0.2, 0.25) is 0 Å². The number of amides is 2. The number of rotatable bonds is 3. The van der Waals surface area contributed by atoms with E-state index in [1.54, 1.807) is 6.33 Å². The fourth-order valence-electron chi connectivity index (χ4n) is 2.64. The summed E-state index contributed by atoms with van der Waals surface area (Å²) in [6.07, 6.45) is 6.65. The second kappa shape index (κ2) is 5.10. The number of carbonyl (C=O) groups is 1. The molecule has 2 aliphatic rings. The molecular formula is C13H16N6OS. The molecule has 21 heavy (non-hydrogen) atoms. The van der Waals surface area contributed by atoms with E-state index in [9.17, 15) is 4.79 Å². The molecule has 4 rings (SSSR count). The number of carbonyl (C=O) groups excluding carboxylic acids is 1. The summed E-state index contributed by atoms with van der Waals surface area (Å²) < 4.78 is 4.28. The molecule has 0 radical (unpaired) electrons. The maximum absolute atomic E-state index is 12.0. The van der Waals surface area contributed by atoms with Crippen LogP contribution in [0, 0.1) is 0 Å². The van der Waals surface area contributed by atoms with E-state index in [1.165, 1.54) is 11.5 Å². The first-order valence-corrected chi connectivity index (χ1v) is 7.97. The Morgan fingerprint density at radius 1 is 1.38 bits per heavy atom. The van der Waals surface area contributed by atoms with Crippen LogP contribution in [-0.2, 0) is 12.8 Å². The average Bonchev–Trinajstić information content (AvgIpc) is 3.04. The number of fused-ring (bicyclic) bond motifs is 1. The number of aryl methyl sites for hydroxylation is 1. The van der Waals surface area contributed by atoms with Gasteiger partial charge in [-0.15, -0.1) is 0 Å². The lowest BCUT2D eigenvalue weighted by atomic mass is 9.96. The number of urea groups is 1. The molecule has 2 amide bonds. The molecule has 2 aromatic rings. The number of aromatic nitrogens is 4. The Balaban J connectivity index is 1.33. The number of hydrogen-bond donors (Lipinski definition) is 3. The second-order valence-corrected chi connectivity index (χ2v) is 6.35. The van der Waals surface area contributed by atoms with E-state index >= 15 is 0 Å². The van der Waals surface area contributed by atoms with Gasteiger partial charge in [0.25, 0.3) is 0 Å². The summed E-state index contributed by atoms with van der Waals surface area (Å²) in [5.41, 5.74) is 2.24. The van der Waals surface area contributed by atoms with Crippen molar-refractivity contribution in [2.45, 2.75) is 44.1 Å². The van der Waals surface area contributed by atoms with E-state index in [4.69, 9.17) is 0 Å². The van der Waals surface area contributed by atoms with E-state index < -0.39 is 0 Å². The van der Waals surface area contributed by atoms with E-state index in [1.807, 2.05) is 0 Å². The number of anilines is 1. The topological polar surface area (TPSA) is 95.6 Å². The number of nitrogens with one attached hydrogen (secondary N) is 3. The fraction of sp³-hybridized carbons (Fsp3) is 0.538. The molecular weight excluding hydrogens is 288 g/mol. The van der Waals surface area contributed by atoms with Gasteiger partial charge in [-0.2, -0.15) is 4.37 Å². The Morgan fingerprint density at radius 2 is 2.29 bits per heavy atom.